The van der Waals surface area contributed by atoms with Crippen LogP contribution in [0.25, 0.3) is 0 Å². The number of hydrogen-bond acceptors (Lipinski definition) is 3. The minimum absolute atomic E-state index is 0.0939. The maximum Gasteiger partial charge on any atom is 0.164 e. The van der Waals surface area contributed by atoms with E-state index in [2.05, 4.69) is 4.90 Å². The summed E-state index contributed by atoms with van der Waals surface area (Å²) in [6, 6.07) is 3.18. The molecular formula is C15H19F2NO2. The van der Waals surface area contributed by atoms with E-state index < -0.39 is 11.6 Å². The zero-order valence-electron chi connectivity index (χ0n) is 11.7. The fourth-order valence-electron chi connectivity index (χ4n) is 2.39. The molecule has 2 rings (SSSR count). The first-order chi connectivity index (χ1) is 9.45. The molecule has 0 spiro atoms. The lowest BCUT2D eigenvalue weighted by atomic mass is 10.1. The average molecular weight is 283 g/mol. The number of benzene rings is 1. The highest BCUT2D eigenvalue weighted by Gasteiger charge is 2.23. The van der Waals surface area contributed by atoms with Gasteiger partial charge in [-0.15, -0.1) is 0 Å². The highest BCUT2D eigenvalue weighted by atomic mass is 19.1. The maximum absolute atomic E-state index is 13.1. The molecule has 0 radical (unpaired) electrons. The van der Waals surface area contributed by atoms with Gasteiger partial charge in [-0.25, -0.2) is 8.78 Å². The van der Waals surface area contributed by atoms with Gasteiger partial charge in [-0.3, -0.25) is 9.69 Å². The van der Waals surface area contributed by atoms with Crippen LogP contribution in [0.15, 0.2) is 18.2 Å². The van der Waals surface area contributed by atoms with Gasteiger partial charge in [0.25, 0.3) is 0 Å². The zero-order valence-corrected chi connectivity index (χ0v) is 11.7. The second-order valence-corrected chi connectivity index (χ2v) is 5.32. The number of halogens is 2. The van der Waals surface area contributed by atoms with Crippen molar-refractivity contribution >= 4 is 5.78 Å². The standard InChI is InChI=1S/C15H19F2NO2/c1-10-9-20-11(2)8-18(10)4-3-15(19)12-5-13(16)7-14(17)6-12/h5-7,10-11H,3-4,8-9H2,1-2H3. The average Bonchev–Trinajstić information content (AvgIpc) is 2.38. The van der Waals surface area contributed by atoms with Gasteiger partial charge in [0.15, 0.2) is 5.78 Å². The highest BCUT2D eigenvalue weighted by Crippen LogP contribution is 2.14. The summed E-state index contributed by atoms with van der Waals surface area (Å²) in [6.07, 6.45) is 0.396. The summed E-state index contributed by atoms with van der Waals surface area (Å²) in [5.41, 5.74) is 0.0939. The number of Topliss-reactive ketones (excluding diaryl/α,β-unsaturated/α-hetero) is 1. The van der Waals surface area contributed by atoms with Gasteiger partial charge in [-0.1, -0.05) is 0 Å². The Morgan fingerprint density at radius 2 is 1.95 bits per heavy atom. The minimum Gasteiger partial charge on any atom is -0.376 e. The molecule has 0 saturated carbocycles. The van der Waals surface area contributed by atoms with Gasteiger partial charge in [-0.05, 0) is 26.0 Å². The van der Waals surface area contributed by atoms with Crippen LogP contribution in [0.1, 0.15) is 30.6 Å². The van der Waals surface area contributed by atoms with Crippen LogP contribution in [0, 0.1) is 11.6 Å². The van der Waals surface area contributed by atoms with Crippen molar-refractivity contribution in [1.82, 2.24) is 4.90 Å². The number of hydrogen-bond donors (Lipinski definition) is 0. The molecule has 5 heteroatoms. The van der Waals surface area contributed by atoms with E-state index in [1.54, 1.807) is 0 Å². The highest BCUT2D eigenvalue weighted by molar-refractivity contribution is 5.96. The van der Waals surface area contributed by atoms with Crippen molar-refractivity contribution in [2.45, 2.75) is 32.4 Å². The molecule has 3 nitrogen and oxygen atoms in total. The number of carbonyl (C=O) groups is 1. The van der Waals surface area contributed by atoms with Crippen molar-refractivity contribution in [3.05, 3.63) is 35.4 Å². The molecular weight excluding hydrogens is 264 g/mol. The lowest BCUT2D eigenvalue weighted by molar-refractivity contribution is -0.0488. The summed E-state index contributed by atoms with van der Waals surface area (Å²) >= 11 is 0. The van der Waals surface area contributed by atoms with Gasteiger partial charge in [0, 0.05) is 37.2 Å². The molecule has 2 atom stereocenters. The van der Waals surface area contributed by atoms with Crippen LogP contribution in [0.4, 0.5) is 8.78 Å². The molecule has 1 aliphatic rings. The predicted octanol–water partition coefficient (Wildman–Crippen LogP) is 2.65. The fourth-order valence-corrected chi connectivity index (χ4v) is 2.39. The molecule has 0 aromatic heterocycles. The molecule has 1 saturated heterocycles. The Morgan fingerprint density at radius 1 is 1.30 bits per heavy atom. The first-order valence-corrected chi connectivity index (χ1v) is 6.80. The SMILES string of the molecule is CC1CN(CCC(=O)c2cc(F)cc(F)c2)C(C)CO1. The Labute approximate surface area is 117 Å². The van der Waals surface area contributed by atoms with E-state index >= 15 is 0 Å². The van der Waals surface area contributed by atoms with Crippen molar-refractivity contribution in [1.29, 1.82) is 0 Å². The number of morpholine rings is 1. The predicted molar refractivity (Wildman–Crippen MR) is 71.8 cm³/mol. The Bertz CT molecular complexity index is 473. The largest absolute Gasteiger partial charge is 0.376 e. The van der Waals surface area contributed by atoms with Gasteiger partial charge in [0.2, 0.25) is 0 Å². The molecule has 2 unspecified atom stereocenters. The molecule has 20 heavy (non-hydrogen) atoms. The zero-order chi connectivity index (χ0) is 14.7. The van der Waals surface area contributed by atoms with Gasteiger partial charge in [0.1, 0.15) is 11.6 Å². The van der Waals surface area contributed by atoms with E-state index in [1.165, 1.54) is 0 Å². The van der Waals surface area contributed by atoms with E-state index in [0.29, 0.717) is 13.2 Å². The van der Waals surface area contributed by atoms with Gasteiger partial charge in [0.05, 0.1) is 12.7 Å². The summed E-state index contributed by atoms with van der Waals surface area (Å²) in [6.45, 7) is 6.02. The Kier molecular flexibility index (Phi) is 4.83. The normalized spacial score (nSPS) is 23.8. The third-order valence-corrected chi connectivity index (χ3v) is 3.55. The molecule has 0 bridgehead atoms. The summed E-state index contributed by atoms with van der Waals surface area (Å²) in [5.74, 6) is -1.68. The van der Waals surface area contributed by atoms with E-state index in [1.807, 2.05) is 13.8 Å². The number of nitrogens with zero attached hydrogens (tertiary/aromatic N) is 1. The van der Waals surface area contributed by atoms with Crippen LogP contribution in [0.5, 0.6) is 0 Å². The smallest absolute Gasteiger partial charge is 0.164 e. The summed E-state index contributed by atoms with van der Waals surface area (Å²) < 4.78 is 31.7. The van der Waals surface area contributed by atoms with Crippen LogP contribution in [-0.4, -0.2) is 42.5 Å². The van der Waals surface area contributed by atoms with E-state index in [0.717, 1.165) is 24.7 Å². The maximum atomic E-state index is 13.1. The monoisotopic (exact) mass is 283 g/mol. The van der Waals surface area contributed by atoms with Crippen LogP contribution >= 0.6 is 0 Å². The first kappa shape index (κ1) is 15.1. The van der Waals surface area contributed by atoms with Crippen molar-refractivity contribution < 1.29 is 18.3 Å². The van der Waals surface area contributed by atoms with Crippen LogP contribution in [0.2, 0.25) is 0 Å². The van der Waals surface area contributed by atoms with Crippen LogP contribution < -0.4 is 0 Å². The Morgan fingerprint density at radius 3 is 2.60 bits per heavy atom. The van der Waals surface area contributed by atoms with E-state index in [-0.39, 0.29) is 29.9 Å². The summed E-state index contributed by atoms with van der Waals surface area (Å²) in [5, 5.41) is 0. The number of carbonyl (C=O) groups excluding carboxylic acids is 1. The Balaban J connectivity index is 1.94. The molecule has 1 aliphatic heterocycles. The summed E-state index contributed by atoms with van der Waals surface area (Å²) in [4.78, 5) is 14.2. The molecule has 0 N–H and O–H groups in total. The quantitative estimate of drug-likeness (QED) is 0.796. The molecule has 1 aromatic carbocycles. The molecule has 110 valence electrons. The van der Waals surface area contributed by atoms with Crippen LogP contribution in [0.3, 0.4) is 0 Å². The van der Waals surface area contributed by atoms with Crippen molar-refractivity contribution in [3.63, 3.8) is 0 Å². The van der Waals surface area contributed by atoms with E-state index in [4.69, 9.17) is 4.74 Å². The third kappa shape index (κ3) is 3.84. The van der Waals surface area contributed by atoms with Crippen molar-refractivity contribution in [2.75, 3.05) is 19.7 Å². The first-order valence-electron chi connectivity index (χ1n) is 6.80. The van der Waals surface area contributed by atoms with Crippen LogP contribution in [-0.2, 0) is 4.74 Å². The van der Waals surface area contributed by atoms with Crippen molar-refractivity contribution in [3.8, 4) is 0 Å². The molecule has 1 heterocycles. The molecule has 0 aliphatic carbocycles. The minimum atomic E-state index is -0.721. The number of ketones is 1. The second-order valence-electron chi connectivity index (χ2n) is 5.32. The van der Waals surface area contributed by atoms with Gasteiger partial charge >= 0.3 is 0 Å². The number of ether oxygens (including phenoxy) is 1. The molecule has 0 amide bonds. The fraction of sp³-hybridized carbons (Fsp3) is 0.533. The summed E-state index contributed by atoms with van der Waals surface area (Å²) in [7, 11) is 0. The molecule has 1 fully saturated rings. The third-order valence-electron chi connectivity index (χ3n) is 3.55. The lowest BCUT2D eigenvalue weighted by Gasteiger charge is -2.36. The van der Waals surface area contributed by atoms with Gasteiger partial charge < -0.3 is 4.74 Å². The molecule has 1 aromatic rings. The second kappa shape index (κ2) is 6.41. The topological polar surface area (TPSA) is 29.5 Å². The van der Waals surface area contributed by atoms with Gasteiger partial charge in [-0.2, -0.15) is 0 Å². The number of rotatable bonds is 4. The Hall–Kier alpha value is -1.33. The van der Waals surface area contributed by atoms with Crippen molar-refractivity contribution in [2.24, 2.45) is 0 Å². The lowest BCUT2D eigenvalue weighted by Crippen LogP contribution is -2.47. The van der Waals surface area contributed by atoms with E-state index in [9.17, 15) is 13.6 Å².